The Bertz CT molecular complexity index is 435. The van der Waals surface area contributed by atoms with Gasteiger partial charge in [0.1, 0.15) is 0 Å². The zero-order valence-electron chi connectivity index (χ0n) is 9.54. The van der Waals surface area contributed by atoms with Crippen LogP contribution in [0.1, 0.15) is 35.4 Å². The molecule has 0 unspecified atom stereocenters. The Hall–Kier alpha value is -1.64. The molecule has 3 nitrogen and oxygen atoms in total. The quantitative estimate of drug-likeness (QED) is 0.729. The molecule has 1 fully saturated rings. The minimum absolute atomic E-state index is 0.0427. The third-order valence-corrected chi connectivity index (χ3v) is 3.23. The summed E-state index contributed by atoms with van der Waals surface area (Å²) in [6, 6.07) is 6.04. The highest BCUT2D eigenvalue weighted by molar-refractivity contribution is 5.98. The minimum atomic E-state index is -0.165. The van der Waals surface area contributed by atoms with Crippen LogP contribution in [0, 0.1) is 13.8 Å². The van der Waals surface area contributed by atoms with Crippen LogP contribution in [0.3, 0.4) is 0 Å². The summed E-state index contributed by atoms with van der Waals surface area (Å²) in [5.74, 6) is -0.287. The number of benzene rings is 1. The van der Waals surface area contributed by atoms with Crippen LogP contribution in [0.5, 0.6) is 0 Å². The van der Waals surface area contributed by atoms with Crippen molar-refractivity contribution in [2.45, 2.75) is 32.6 Å². The van der Waals surface area contributed by atoms with E-state index in [1.54, 1.807) is 0 Å². The van der Waals surface area contributed by atoms with Crippen LogP contribution in [0.15, 0.2) is 18.2 Å². The zero-order valence-corrected chi connectivity index (χ0v) is 9.54. The molecule has 1 aromatic rings. The van der Waals surface area contributed by atoms with Crippen molar-refractivity contribution in [2.24, 2.45) is 0 Å². The second-order valence-corrected chi connectivity index (χ2v) is 4.37. The Morgan fingerprint density at radius 3 is 2.38 bits per heavy atom. The molecule has 1 saturated heterocycles. The van der Waals surface area contributed by atoms with E-state index in [0.29, 0.717) is 12.8 Å². The number of rotatable bonds is 1. The van der Waals surface area contributed by atoms with Crippen molar-refractivity contribution in [1.82, 2.24) is 5.32 Å². The molecule has 1 aromatic carbocycles. The summed E-state index contributed by atoms with van der Waals surface area (Å²) in [4.78, 5) is 22.6. The number of carbonyl (C=O) groups excluding carboxylic acids is 2. The van der Waals surface area contributed by atoms with E-state index < -0.39 is 0 Å². The first-order chi connectivity index (χ1) is 7.58. The number of piperidine rings is 1. The maximum Gasteiger partial charge on any atom is 0.227 e. The predicted molar refractivity (Wildman–Crippen MR) is 61.0 cm³/mol. The lowest BCUT2D eigenvalue weighted by molar-refractivity contribution is -0.133. The van der Waals surface area contributed by atoms with Gasteiger partial charge in [-0.15, -0.1) is 0 Å². The van der Waals surface area contributed by atoms with Crippen LogP contribution >= 0.6 is 0 Å². The van der Waals surface area contributed by atoms with E-state index in [9.17, 15) is 9.59 Å². The van der Waals surface area contributed by atoms with Gasteiger partial charge in [-0.2, -0.15) is 0 Å². The van der Waals surface area contributed by atoms with Crippen LogP contribution in [0.4, 0.5) is 0 Å². The van der Waals surface area contributed by atoms with E-state index in [1.807, 2.05) is 32.0 Å². The summed E-state index contributed by atoms with van der Waals surface area (Å²) in [7, 11) is 0. The first kappa shape index (κ1) is 10.9. The molecule has 2 rings (SSSR count). The fourth-order valence-corrected chi connectivity index (χ4v) is 2.21. The van der Waals surface area contributed by atoms with Crippen LogP contribution in [0.25, 0.3) is 0 Å². The van der Waals surface area contributed by atoms with E-state index >= 15 is 0 Å². The fraction of sp³-hybridized carbons (Fsp3) is 0.385. The second-order valence-electron chi connectivity index (χ2n) is 4.37. The Labute approximate surface area is 94.9 Å². The van der Waals surface area contributed by atoms with Crippen LogP contribution in [-0.2, 0) is 9.59 Å². The van der Waals surface area contributed by atoms with Gasteiger partial charge < -0.3 is 0 Å². The highest BCUT2D eigenvalue weighted by Gasteiger charge is 2.27. The number of hydrogen-bond donors (Lipinski definition) is 1. The van der Waals surface area contributed by atoms with Gasteiger partial charge in [-0.25, -0.2) is 0 Å². The number of aryl methyl sites for hydroxylation is 1. The maximum atomic E-state index is 11.3. The van der Waals surface area contributed by atoms with Crippen molar-refractivity contribution in [2.75, 3.05) is 0 Å². The first-order valence-corrected chi connectivity index (χ1v) is 5.46. The van der Waals surface area contributed by atoms with E-state index in [2.05, 4.69) is 5.32 Å². The molecule has 0 atom stereocenters. The van der Waals surface area contributed by atoms with Gasteiger partial charge in [-0.05, 0) is 30.5 Å². The van der Waals surface area contributed by atoms with E-state index in [4.69, 9.17) is 0 Å². The van der Waals surface area contributed by atoms with Gasteiger partial charge in [0, 0.05) is 18.8 Å². The number of imide groups is 1. The monoisotopic (exact) mass is 217 g/mol. The van der Waals surface area contributed by atoms with Gasteiger partial charge >= 0.3 is 0 Å². The lowest BCUT2D eigenvalue weighted by Crippen LogP contribution is -2.37. The number of hydrogen-bond acceptors (Lipinski definition) is 2. The van der Waals surface area contributed by atoms with Gasteiger partial charge in [-0.3, -0.25) is 14.9 Å². The van der Waals surface area contributed by atoms with Crippen molar-refractivity contribution in [3.8, 4) is 0 Å². The molecule has 0 radical (unpaired) electrons. The molecule has 1 aliphatic rings. The summed E-state index contributed by atoms with van der Waals surface area (Å²) >= 11 is 0. The third kappa shape index (κ3) is 1.98. The number of carbonyl (C=O) groups is 2. The van der Waals surface area contributed by atoms with Crippen LogP contribution < -0.4 is 5.32 Å². The lowest BCUT2D eigenvalue weighted by atomic mass is 9.85. The molecular formula is C13H15NO2. The normalized spacial score (nSPS) is 17.4. The largest absolute Gasteiger partial charge is 0.296 e. The summed E-state index contributed by atoms with van der Waals surface area (Å²) in [5.41, 5.74) is 3.52. The third-order valence-electron chi connectivity index (χ3n) is 3.23. The molecule has 0 bridgehead atoms. The summed E-state index contributed by atoms with van der Waals surface area (Å²) in [5, 5.41) is 2.34. The van der Waals surface area contributed by atoms with E-state index in [0.717, 1.165) is 5.56 Å². The molecule has 0 spiro atoms. The minimum Gasteiger partial charge on any atom is -0.296 e. The standard InChI is InChI=1S/C13H15NO2/c1-8-4-3-5-11(9(8)2)10-6-12(15)14-13(16)7-10/h3-5,10H,6-7H2,1-2H3,(H,14,15,16). The van der Waals surface area contributed by atoms with Crippen LogP contribution in [0.2, 0.25) is 0 Å². The van der Waals surface area contributed by atoms with E-state index in [-0.39, 0.29) is 17.7 Å². The van der Waals surface area contributed by atoms with Crippen molar-refractivity contribution < 1.29 is 9.59 Å². The molecular weight excluding hydrogens is 202 g/mol. The van der Waals surface area contributed by atoms with Crippen molar-refractivity contribution in [3.05, 3.63) is 34.9 Å². The molecule has 0 aliphatic carbocycles. The van der Waals surface area contributed by atoms with Gasteiger partial charge in [0.2, 0.25) is 11.8 Å². The topological polar surface area (TPSA) is 46.2 Å². The Morgan fingerprint density at radius 1 is 1.12 bits per heavy atom. The molecule has 3 heteroatoms. The predicted octanol–water partition coefficient (Wildman–Crippen LogP) is 1.82. The Kier molecular flexibility index (Phi) is 2.77. The van der Waals surface area contributed by atoms with Crippen molar-refractivity contribution >= 4 is 11.8 Å². The lowest BCUT2D eigenvalue weighted by Gasteiger charge is -2.23. The average molecular weight is 217 g/mol. The average Bonchev–Trinajstić information content (AvgIpc) is 2.20. The molecule has 16 heavy (non-hydrogen) atoms. The highest BCUT2D eigenvalue weighted by Crippen LogP contribution is 2.29. The first-order valence-electron chi connectivity index (χ1n) is 5.46. The molecule has 84 valence electrons. The molecule has 1 heterocycles. The van der Waals surface area contributed by atoms with E-state index in [1.165, 1.54) is 11.1 Å². The highest BCUT2D eigenvalue weighted by atomic mass is 16.2. The SMILES string of the molecule is Cc1cccc(C2CC(=O)NC(=O)C2)c1C. The Balaban J connectivity index is 2.33. The molecule has 1 N–H and O–H groups in total. The smallest absolute Gasteiger partial charge is 0.227 e. The van der Waals surface area contributed by atoms with Crippen molar-refractivity contribution in [3.63, 3.8) is 0 Å². The maximum absolute atomic E-state index is 11.3. The number of nitrogens with one attached hydrogen (secondary N) is 1. The zero-order chi connectivity index (χ0) is 11.7. The Morgan fingerprint density at radius 2 is 1.75 bits per heavy atom. The van der Waals surface area contributed by atoms with Gasteiger partial charge in [0.15, 0.2) is 0 Å². The number of amides is 2. The fourth-order valence-electron chi connectivity index (χ4n) is 2.21. The molecule has 1 aliphatic heterocycles. The van der Waals surface area contributed by atoms with Gasteiger partial charge in [-0.1, -0.05) is 18.2 Å². The summed E-state index contributed by atoms with van der Waals surface area (Å²) in [6.45, 7) is 4.09. The molecule has 0 aromatic heterocycles. The van der Waals surface area contributed by atoms with Crippen molar-refractivity contribution in [1.29, 1.82) is 0 Å². The van der Waals surface area contributed by atoms with Crippen LogP contribution in [-0.4, -0.2) is 11.8 Å². The molecule has 0 saturated carbocycles. The summed E-state index contributed by atoms with van der Waals surface area (Å²) in [6.07, 6.45) is 0.825. The summed E-state index contributed by atoms with van der Waals surface area (Å²) < 4.78 is 0. The van der Waals surface area contributed by atoms with Gasteiger partial charge in [0.25, 0.3) is 0 Å². The second kappa shape index (κ2) is 4.08. The van der Waals surface area contributed by atoms with Gasteiger partial charge in [0.05, 0.1) is 0 Å². The molecule has 2 amide bonds.